The fourth-order valence-electron chi connectivity index (χ4n) is 4.49. The van der Waals surface area contributed by atoms with Crippen molar-refractivity contribution in [3.8, 4) is 10.8 Å². The van der Waals surface area contributed by atoms with Gasteiger partial charge in [-0.05, 0) is 59.6 Å². The Bertz CT molecular complexity index is 1690. The number of esters is 2. The minimum atomic E-state index is -1.66. The zero-order valence-corrected chi connectivity index (χ0v) is 25.6. The molecule has 11 nitrogen and oxygen atoms in total. The number of rotatable bonds is 10. The van der Waals surface area contributed by atoms with E-state index in [1.54, 1.807) is 34.6 Å². The molecule has 0 bridgehead atoms. The van der Waals surface area contributed by atoms with Crippen LogP contribution in [0.25, 0.3) is 21.0 Å². The lowest BCUT2D eigenvalue weighted by atomic mass is 10.0. The van der Waals surface area contributed by atoms with Gasteiger partial charge in [0.1, 0.15) is 34.9 Å². The van der Waals surface area contributed by atoms with E-state index in [-0.39, 0.29) is 25.1 Å². The van der Waals surface area contributed by atoms with Crippen LogP contribution in [0.2, 0.25) is 0 Å². The largest absolute Gasteiger partial charge is 0.464 e. The van der Waals surface area contributed by atoms with Gasteiger partial charge in [0.05, 0.1) is 29.6 Å². The van der Waals surface area contributed by atoms with Crippen LogP contribution in [-0.2, 0) is 35.9 Å². The summed E-state index contributed by atoms with van der Waals surface area (Å²) in [4.78, 5) is 59.0. The summed E-state index contributed by atoms with van der Waals surface area (Å²) in [7, 11) is 0. The van der Waals surface area contributed by atoms with Crippen molar-refractivity contribution < 1.29 is 28.2 Å². The molecule has 0 aliphatic heterocycles. The molecule has 4 aromatic rings. The predicted octanol–water partition coefficient (Wildman–Crippen LogP) is 4.59. The van der Waals surface area contributed by atoms with Crippen molar-refractivity contribution in [2.75, 3.05) is 13.2 Å². The van der Waals surface area contributed by atoms with Gasteiger partial charge < -0.3 is 18.6 Å². The minimum Gasteiger partial charge on any atom is -0.464 e. The molecule has 0 saturated carbocycles. The average molecular weight is 598 g/mol. The van der Waals surface area contributed by atoms with E-state index in [0.717, 1.165) is 4.57 Å². The van der Waals surface area contributed by atoms with E-state index in [1.807, 2.05) is 30.3 Å². The van der Waals surface area contributed by atoms with E-state index >= 15 is 0 Å². The number of hydrogen-bond acceptors (Lipinski definition) is 10. The molecule has 0 aliphatic rings. The van der Waals surface area contributed by atoms with E-state index < -0.39 is 40.4 Å². The van der Waals surface area contributed by atoms with Gasteiger partial charge in [0.2, 0.25) is 5.89 Å². The molecule has 3 heterocycles. The van der Waals surface area contributed by atoms with Crippen LogP contribution in [0.3, 0.4) is 0 Å². The molecule has 0 amide bonds. The molecule has 12 heteroatoms. The van der Waals surface area contributed by atoms with Gasteiger partial charge in [-0.25, -0.2) is 23.9 Å². The van der Waals surface area contributed by atoms with Crippen molar-refractivity contribution in [1.29, 1.82) is 0 Å². The van der Waals surface area contributed by atoms with Crippen LogP contribution in [0.15, 0.2) is 56.8 Å². The van der Waals surface area contributed by atoms with E-state index in [4.69, 9.17) is 18.6 Å². The Kier molecular flexibility index (Phi) is 8.88. The standard InChI is InChI=1S/C30H35N3O8S/c1-8-38-21(34)17-40-20(19-12-10-9-11-13-19)16-32-26-22(18(2)23(42-26)24-31-14-15-39-24)25(35)33(28(32)37)30(6,7)27(36)41-29(3,4)5/h9-15,20H,8,16-17H2,1-7H3. The number of ether oxygens (including phenoxy) is 3. The van der Waals surface area contributed by atoms with Crippen LogP contribution >= 0.6 is 11.3 Å². The first-order valence-electron chi connectivity index (χ1n) is 13.5. The molecule has 3 aromatic heterocycles. The van der Waals surface area contributed by atoms with Gasteiger partial charge in [0, 0.05) is 0 Å². The highest BCUT2D eigenvalue weighted by molar-refractivity contribution is 7.22. The first kappa shape index (κ1) is 30.9. The summed E-state index contributed by atoms with van der Waals surface area (Å²) in [6.07, 6.45) is 2.13. The van der Waals surface area contributed by atoms with Crippen molar-refractivity contribution in [3.63, 3.8) is 0 Å². The number of thiophene rings is 1. The normalized spacial score (nSPS) is 12.8. The Hall–Kier alpha value is -4.03. The van der Waals surface area contributed by atoms with Crippen molar-refractivity contribution in [3.05, 3.63) is 74.8 Å². The molecule has 1 atom stereocenters. The highest BCUT2D eigenvalue weighted by atomic mass is 32.1. The number of oxazole rings is 1. The quantitative estimate of drug-likeness (QED) is 0.241. The van der Waals surface area contributed by atoms with E-state index in [0.29, 0.717) is 26.7 Å². The van der Waals surface area contributed by atoms with Gasteiger partial charge in [0.25, 0.3) is 5.56 Å². The summed E-state index contributed by atoms with van der Waals surface area (Å²) in [6.45, 7) is 11.3. The molecule has 0 N–H and O–H groups in total. The van der Waals surface area contributed by atoms with Crippen LogP contribution in [0.1, 0.15) is 58.8 Å². The second kappa shape index (κ2) is 12.1. The van der Waals surface area contributed by atoms with Gasteiger partial charge in [0.15, 0.2) is 0 Å². The predicted molar refractivity (Wildman–Crippen MR) is 158 cm³/mol. The lowest BCUT2D eigenvalue weighted by Crippen LogP contribution is -2.54. The van der Waals surface area contributed by atoms with Gasteiger partial charge >= 0.3 is 17.6 Å². The summed E-state index contributed by atoms with van der Waals surface area (Å²) < 4.78 is 24.5. The van der Waals surface area contributed by atoms with Crippen LogP contribution in [0, 0.1) is 6.92 Å². The van der Waals surface area contributed by atoms with Crippen molar-refractivity contribution >= 4 is 33.5 Å². The first-order valence-corrected chi connectivity index (χ1v) is 14.3. The van der Waals surface area contributed by atoms with Gasteiger partial charge in [-0.1, -0.05) is 30.3 Å². The summed E-state index contributed by atoms with van der Waals surface area (Å²) in [5, 5.41) is 0.238. The highest BCUT2D eigenvalue weighted by Gasteiger charge is 2.39. The molecule has 0 saturated heterocycles. The Labute approximate surface area is 246 Å². The molecular weight excluding hydrogens is 562 g/mol. The number of aryl methyl sites for hydroxylation is 1. The van der Waals surface area contributed by atoms with E-state index in [1.165, 1.54) is 42.2 Å². The molecule has 0 aliphatic carbocycles. The number of fused-ring (bicyclic) bond motifs is 1. The highest BCUT2D eigenvalue weighted by Crippen LogP contribution is 2.36. The topological polar surface area (TPSA) is 132 Å². The van der Waals surface area contributed by atoms with Crippen molar-refractivity contribution in [2.45, 2.75) is 72.3 Å². The molecule has 224 valence electrons. The Morgan fingerprint density at radius 2 is 1.79 bits per heavy atom. The number of nitrogens with zero attached hydrogens (tertiary/aromatic N) is 3. The van der Waals surface area contributed by atoms with Crippen LogP contribution in [-0.4, -0.2) is 44.9 Å². The average Bonchev–Trinajstić information content (AvgIpc) is 3.56. The molecule has 0 spiro atoms. The molecular formula is C30H35N3O8S. The smallest absolute Gasteiger partial charge is 0.333 e. The first-order chi connectivity index (χ1) is 19.8. The molecule has 0 fully saturated rings. The number of hydrogen-bond donors (Lipinski definition) is 0. The molecule has 0 radical (unpaired) electrons. The second-order valence-corrected chi connectivity index (χ2v) is 12.2. The zero-order chi connectivity index (χ0) is 30.8. The molecule has 4 rings (SSSR count). The molecule has 1 unspecified atom stereocenters. The van der Waals surface area contributed by atoms with Crippen LogP contribution in [0.4, 0.5) is 0 Å². The molecule has 42 heavy (non-hydrogen) atoms. The summed E-state index contributed by atoms with van der Waals surface area (Å²) in [6, 6.07) is 9.10. The summed E-state index contributed by atoms with van der Waals surface area (Å²) in [5.74, 6) is -0.993. The number of aromatic nitrogens is 3. The van der Waals surface area contributed by atoms with Gasteiger partial charge in [-0.15, -0.1) is 11.3 Å². The minimum absolute atomic E-state index is 0.0750. The Morgan fingerprint density at radius 3 is 2.38 bits per heavy atom. The number of benzene rings is 1. The van der Waals surface area contributed by atoms with Crippen molar-refractivity contribution in [2.24, 2.45) is 0 Å². The zero-order valence-electron chi connectivity index (χ0n) is 24.8. The van der Waals surface area contributed by atoms with Crippen LogP contribution < -0.4 is 11.2 Å². The van der Waals surface area contributed by atoms with E-state index in [2.05, 4.69) is 4.98 Å². The Balaban J connectivity index is 1.96. The molecule has 1 aromatic carbocycles. The maximum absolute atomic E-state index is 14.3. The van der Waals surface area contributed by atoms with Crippen LogP contribution in [0.5, 0.6) is 0 Å². The van der Waals surface area contributed by atoms with E-state index in [9.17, 15) is 19.2 Å². The summed E-state index contributed by atoms with van der Waals surface area (Å²) >= 11 is 1.17. The number of carbonyl (C=O) groups excluding carboxylic acids is 2. The fourth-order valence-corrected chi connectivity index (χ4v) is 5.74. The second-order valence-electron chi connectivity index (χ2n) is 11.2. The van der Waals surface area contributed by atoms with Gasteiger partial charge in [-0.2, -0.15) is 0 Å². The fraction of sp³-hybridized carbons (Fsp3) is 0.433. The SMILES string of the molecule is CCOC(=O)COC(Cn1c(=O)n(C(C)(C)C(=O)OC(C)(C)C)c(=O)c2c(C)c(-c3ncco3)sc21)c1ccccc1. The lowest BCUT2D eigenvalue weighted by molar-refractivity contribution is -0.164. The Morgan fingerprint density at radius 1 is 1.10 bits per heavy atom. The third kappa shape index (κ3) is 6.24. The van der Waals surface area contributed by atoms with Gasteiger partial charge in [-0.3, -0.25) is 9.36 Å². The third-order valence-electron chi connectivity index (χ3n) is 6.52. The maximum Gasteiger partial charge on any atom is 0.333 e. The van der Waals surface area contributed by atoms with Crippen molar-refractivity contribution in [1.82, 2.24) is 14.1 Å². The summed E-state index contributed by atoms with van der Waals surface area (Å²) in [5.41, 5.74) is -2.64. The maximum atomic E-state index is 14.3. The third-order valence-corrected chi connectivity index (χ3v) is 7.83. The number of carbonyl (C=O) groups is 2. The monoisotopic (exact) mass is 597 g/mol. The lowest BCUT2D eigenvalue weighted by Gasteiger charge is -2.30.